The SMILES string of the molecule is CCC(CN)C(=O)N(CCC(=O)O)c1ccccc1C. The van der Waals surface area contributed by atoms with Crippen LogP contribution in [0.25, 0.3) is 0 Å². The van der Waals surface area contributed by atoms with E-state index >= 15 is 0 Å². The molecule has 3 N–H and O–H groups in total. The van der Waals surface area contributed by atoms with Gasteiger partial charge in [-0.05, 0) is 25.0 Å². The van der Waals surface area contributed by atoms with Crippen LogP contribution in [0.1, 0.15) is 25.3 Å². The Morgan fingerprint density at radius 3 is 2.50 bits per heavy atom. The number of para-hydroxylation sites is 1. The molecule has 1 atom stereocenters. The van der Waals surface area contributed by atoms with Crippen LogP contribution >= 0.6 is 0 Å². The van der Waals surface area contributed by atoms with Crippen molar-refractivity contribution in [2.24, 2.45) is 11.7 Å². The molecular weight excluding hydrogens is 256 g/mol. The maximum atomic E-state index is 12.5. The number of carboxylic acids is 1. The number of aryl methyl sites for hydroxylation is 1. The number of benzene rings is 1. The fourth-order valence-corrected chi connectivity index (χ4v) is 2.09. The summed E-state index contributed by atoms with van der Waals surface area (Å²) >= 11 is 0. The number of carbonyl (C=O) groups excluding carboxylic acids is 1. The lowest BCUT2D eigenvalue weighted by Gasteiger charge is -2.27. The van der Waals surface area contributed by atoms with E-state index in [4.69, 9.17) is 10.8 Å². The van der Waals surface area contributed by atoms with E-state index in [1.54, 1.807) is 4.90 Å². The predicted molar refractivity (Wildman–Crippen MR) is 78.6 cm³/mol. The van der Waals surface area contributed by atoms with Crippen molar-refractivity contribution in [3.63, 3.8) is 0 Å². The lowest BCUT2D eigenvalue weighted by atomic mass is 10.0. The summed E-state index contributed by atoms with van der Waals surface area (Å²) in [4.78, 5) is 24.9. The Balaban J connectivity index is 3.05. The third-order valence-corrected chi connectivity index (χ3v) is 3.35. The van der Waals surface area contributed by atoms with Gasteiger partial charge in [-0.3, -0.25) is 9.59 Å². The monoisotopic (exact) mass is 278 g/mol. The van der Waals surface area contributed by atoms with Crippen molar-refractivity contribution in [3.8, 4) is 0 Å². The molecule has 0 aliphatic heterocycles. The molecule has 1 aromatic carbocycles. The Kier molecular flexibility index (Phi) is 6.18. The minimum atomic E-state index is -0.919. The summed E-state index contributed by atoms with van der Waals surface area (Å²) in [5, 5.41) is 8.85. The number of carbonyl (C=O) groups is 2. The molecule has 1 unspecified atom stereocenters. The van der Waals surface area contributed by atoms with Crippen LogP contribution < -0.4 is 10.6 Å². The van der Waals surface area contributed by atoms with E-state index in [9.17, 15) is 9.59 Å². The summed E-state index contributed by atoms with van der Waals surface area (Å²) in [5.41, 5.74) is 7.33. The number of carboxylic acid groups (broad SMARTS) is 1. The Labute approximate surface area is 119 Å². The van der Waals surface area contributed by atoms with Crippen LogP contribution in [0.3, 0.4) is 0 Å². The number of rotatable bonds is 7. The minimum Gasteiger partial charge on any atom is -0.481 e. The highest BCUT2D eigenvalue weighted by atomic mass is 16.4. The van der Waals surface area contributed by atoms with Gasteiger partial charge in [0.25, 0.3) is 0 Å². The molecular formula is C15H22N2O3. The average Bonchev–Trinajstić information content (AvgIpc) is 2.42. The van der Waals surface area contributed by atoms with Crippen molar-refractivity contribution in [1.82, 2.24) is 0 Å². The number of amides is 1. The average molecular weight is 278 g/mol. The van der Waals surface area contributed by atoms with Gasteiger partial charge in [-0.2, -0.15) is 0 Å². The topological polar surface area (TPSA) is 83.6 Å². The molecule has 0 bridgehead atoms. The molecule has 5 nitrogen and oxygen atoms in total. The van der Waals surface area contributed by atoms with Crippen LogP contribution in [0.5, 0.6) is 0 Å². The molecule has 1 rings (SSSR count). The van der Waals surface area contributed by atoms with Crippen LogP contribution in [0.15, 0.2) is 24.3 Å². The maximum absolute atomic E-state index is 12.5. The van der Waals surface area contributed by atoms with Gasteiger partial charge < -0.3 is 15.7 Å². The third kappa shape index (κ3) is 4.06. The molecule has 1 amide bonds. The van der Waals surface area contributed by atoms with E-state index in [1.807, 2.05) is 38.1 Å². The van der Waals surface area contributed by atoms with E-state index in [0.29, 0.717) is 6.42 Å². The van der Waals surface area contributed by atoms with E-state index in [2.05, 4.69) is 0 Å². The van der Waals surface area contributed by atoms with E-state index in [-0.39, 0.29) is 31.3 Å². The molecule has 0 heterocycles. The van der Waals surface area contributed by atoms with Crippen molar-refractivity contribution in [2.75, 3.05) is 18.0 Å². The van der Waals surface area contributed by atoms with Crippen molar-refractivity contribution in [3.05, 3.63) is 29.8 Å². The first-order valence-electron chi connectivity index (χ1n) is 6.80. The second-order valence-electron chi connectivity index (χ2n) is 4.76. The van der Waals surface area contributed by atoms with Crippen molar-refractivity contribution >= 4 is 17.6 Å². The molecule has 0 aliphatic carbocycles. The van der Waals surface area contributed by atoms with Gasteiger partial charge in [0, 0.05) is 18.8 Å². The largest absolute Gasteiger partial charge is 0.481 e. The number of nitrogens with two attached hydrogens (primary N) is 1. The zero-order valence-electron chi connectivity index (χ0n) is 12.0. The van der Waals surface area contributed by atoms with Gasteiger partial charge in [0.15, 0.2) is 0 Å². The number of aliphatic carboxylic acids is 1. The third-order valence-electron chi connectivity index (χ3n) is 3.35. The quantitative estimate of drug-likeness (QED) is 0.796. The Morgan fingerprint density at radius 2 is 2.00 bits per heavy atom. The first-order valence-corrected chi connectivity index (χ1v) is 6.80. The predicted octanol–water partition coefficient (Wildman–Crippen LogP) is 1.79. The van der Waals surface area contributed by atoms with Crippen molar-refractivity contribution in [1.29, 1.82) is 0 Å². The first kappa shape index (κ1) is 16.2. The summed E-state index contributed by atoms with van der Waals surface area (Å²) in [6, 6.07) is 7.46. The summed E-state index contributed by atoms with van der Waals surface area (Å²) in [5.74, 6) is -1.30. The summed E-state index contributed by atoms with van der Waals surface area (Å²) in [6.07, 6.45) is 0.561. The van der Waals surface area contributed by atoms with Gasteiger partial charge in [-0.25, -0.2) is 0 Å². The molecule has 110 valence electrons. The molecule has 20 heavy (non-hydrogen) atoms. The smallest absolute Gasteiger partial charge is 0.305 e. The Bertz CT molecular complexity index is 470. The summed E-state index contributed by atoms with van der Waals surface area (Å²) < 4.78 is 0. The molecule has 0 spiro atoms. The Hall–Kier alpha value is -1.88. The summed E-state index contributed by atoms with van der Waals surface area (Å²) in [7, 11) is 0. The van der Waals surface area contributed by atoms with Crippen LogP contribution in [0.4, 0.5) is 5.69 Å². The standard InChI is InChI=1S/C15H22N2O3/c1-3-12(10-16)15(20)17(9-8-14(18)19)13-7-5-4-6-11(13)2/h4-7,12H,3,8-10,16H2,1-2H3,(H,18,19). The van der Waals surface area contributed by atoms with Crippen LogP contribution in [0, 0.1) is 12.8 Å². The normalized spacial score (nSPS) is 11.9. The van der Waals surface area contributed by atoms with E-state index in [1.165, 1.54) is 0 Å². The number of hydrogen-bond donors (Lipinski definition) is 2. The fourth-order valence-electron chi connectivity index (χ4n) is 2.09. The van der Waals surface area contributed by atoms with Gasteiger partial charge in [0.05, 0.1) is 12.3 Å². The summed E-state index contributed by atoms with van der Waals surface area (Å²) in [6.45, 7) is 4.24. The molecule has 0 radical (unpaired) electrons. The maximum Gasteiger partial charge on any atom is 0.305 e. The van der Waals surface area contributed by atoms with Crippen LogP contribution in [-0.4, -0.2) is 30.1 Å². The van der Waals surface area contributed by atoms with Gasteiger partial charge in [0.2, 0.25) is 5.91 Å². The van der Waals surface area contributed by atoms with Gasteiger partial charge >= 0.3 is 5.97 Å². The number of nitrogens with zero attached hydrogens (tertiary/aromatic N) is 1. The fraction of sp³-hybridized carbons (Fsp3) is 0.467. The molecule has 0 fully saturated rings. The van der Waals surface area contributed by atoms with Crippen LogP contribution in [-0.2, 0) is 9.59 Å². The highest BCUT2D eigenvalue weighted by Crippen LogP contribution is 2.22. The van der Waals surface area contributed by atoms with Gasteiger partial charge in [0.1, 0.15) is 0 Å². The molecule has 1 aromatic rings. The first-order chi connectivity index (χ1) is 9.51. The molecule has 0 saturated carbocycles. The van der Waals surface area contributed by atoms with Gasteiger partial charge in [-0.1, -0.05) is 25.1 Å². The lowest BCUT2D eigenvalue weighted by Crippen LogP contribution is -2.40. The highest BCUT2D eigenvalue weighted by Gasteiger charge is 2.24. The Morgan fingerprint density at radius 1 is 1.35 bits per heavy atom. The van der Waals surface area contributed by atoms with Crippen molar-refractivity contribution < 1.29 is 14.7 Å². The molecule has 5 heteroatoms. The van der Waals surface area contributed by atoms with Crippen LogP contribution in [0.2, 0.25) is 0 Å². The highest BCUT2D eigenvalue weighted by molar-refractivity contribution is 5.96. The second kappa shape index (κ2) is 7.65. The van der Waals surface area contributed by atoms with E-state index < -0.39 is 5.97 Å². The lowest BCUT2D eigenvalue weighted by molar-refractivity contribution is -0.136. The molecule has 0 aliphatic rings. The molecule has 0 aromatic heterocycles. The number of anilines is 1. The second-order valence-corrected chi connectivity index (χ2v) is 4.76. The minimum absolute atomic E-state index is 0.0823. The van der Waals surface area contributed by atoms with Crippen molar-refractivity contribution in [2.45, 2.75) is 26.7 Å². The molecule has 0 saturated heterocycles. The number of hydrogen-bond acceptors (Lipinski definition) is 3. The zero-order chi connectivity index (χ0) is 15.1. The van der Waals surface area contributed by atoms with E-state index in [0.717, 1.165) is 11.3 Å². The zero-order valence-corrected chi connectivity index (χ0v) is 12.0. The van der Waals surface area contributed by atoms with Gasteiger partial charge in [-0.15, -0.1) is 0 Å².